The molecule has 1 saturated heterocycles. The Morgan fingerprint density at radius 2 is 1.72 bits per heavy atom. The van der Waals surface area contributed by atoms with Crippen molar-refractivity contribution in [2.75, 3.05) is 39.8 Å². The standard InChI is InChI=1S/C19H22N4O5S/c1-21(29(27,28)15-5-4-8-20-13-15)14-18(25)22-9-11-23(12-10-22)19(26)16-6-2-3-7-17(16)24/h2-8,13,24H,9-12,14H2,1H3. The monoisotopic (exact) mass is 418 g/mol. The highest BCUT2D eigenvalue weighted by Crippen LogP contribution is 2.19. The van der Waals surface area contributed by atoms with Gasteiger partial charge in [-0.1, -0.05) is 12.1 Å². The summed E-state index contributed by atoms with van der Waals surface area (Å²) in [6.45, 7) is 0.887. The smallest absolute Gasteiger partial charge is 0.257 e. The van der Waals surface area contributed by atoms with Gasteiger partial charge in [0.15, 0.2) is 0 Å². The summed E-state index contributed by atoms with van der Waals surface area (Å²) in [7, 11) is -2.46. The highest BCUT2D eigenvalue weighted by molar-refractivity contribution is 7.89. The number of pyridine rings is 1. The fourth-order valence-electron chi connectivity index (χ4n) is 3.04. The maximum Gasteiger partial charge on any atom is 0.257 e. The molecule has 2 aromatic rings. The van der Waals surface area contributed by atoms with Gasteiger partial charge in [0, 0.05) is 45.6 Å². The van der Waals surface area contributed by atoms with E-state index >= 15 is 0 Å². The fourth-order valence-corrected chi connectivity index (χ4v) is 4.12. The Hall–Kier alpha value is -2.98. The van der Waals surface area contributed by atoms with Gasteiger partial charge in [0.1, 0.15) is 10.6 Å². The Morgan fingerprint density at radius 3 is 2.34 bits per heavy atom. The molecule has 1 aromatic carbocycles. The molecule has 2 heterocycles. The maximum atomic E-state index is 12.5. The number of carbonyl (C=O) groups excluding carboxylic acids is 2. The molecule has 3 rings (SSSR count). The molecule has 9 nitrogen and oxygen atoms in total. The van der Waals surface area contributed by atoms with E-state index < -0.39 is 10.0 Å². The summed E-state index contributed by atoms with van der Waals surface area (Å²) < 4.78 is 26.0. The molecule has 1 fully saturated rings. The SMILES string of the molecule is CN(CC(=O)N1CCN(C(=O)c2ccccc2O)CC1)S(=O)(=O)c1cccnc1. The molecule has 0 saturated carbocycles. The van der Waals surface area contributed by atoms with Crippen LogP contribution in [0.1, 0.15) is 10.4 Å². The normalized spacial score (nSPS) is 14.8. The van der Waals surface area contributed by atoms with Gasteiger partial charge in [0.2, 0.25) is 15.9 Å². The molecule has 0 radical (unpaired) electrons. The molecular formula is C19H22N4O5S. The summed E-state index contributed by atoms with van der Waals surface area (Å²) in [6.07, 6.45) is 2.71. The second kappa shape index (κ2) is 8.58. The van der Waals surface area contributed by atoms with Gasteiger partial charge in [-0.15, -0.1) is 0 Å². The number of hydrogen-bond acceptors (Lipinski definition) is 6. The molecule has 0 spiro atoms. The summed E-state index contributed by atoms with van der Waals surface area (Å²) >= 11 is 0. The number of piperazine rings is 1. The largest absolute Gasteiger partial charge is 0.507 e. The zero-order valence-corrected chi connectivity index (χ0v) is 16.7. The molecule has 1 N–H and O–H groups in total. The van der Waals surface area contributed by atoms with Crippen LogP contribution >= 0.6 is 0 Å². The van der Waals surface area contributed by atoms with Gasteiger partial charge >= 0.3 is 0 Å². The molecule has 1 aromatic heterocycles. The van der Waals surface area contributed by atoms with Crippen molar-refractivity contribution in [2.24, 2.45) is 0 Å². The van der Waals surface area contributed by atoms with Crippen LogP contribution < -0.4 is 0 Å². The van der Waals surface area contributed by atoms with E-state index in [-0.39, 0.29) is 34.6 Å². The highest BCUT2D eigenvalue weighted by Gasteiger charge is 2.29. The number of phenols is 1. The number of aromatic nitrogens is 1. The van der Waals surface area contributed by atoms with Crippen LogP contribution in [0.4, 0.5) is 0 Å². The van der Waals surface area contributed by atoms with Crippen molar-refractivity contribution >= 4 is 21.8 Å². The van der Waals surface area contributed by atoms with E-state index in [1.165, 1.54) is 42.5 Å². The third kappa shape index (κ3) is 4.54. The van der Waals surface area contributed by atoms with Crippen molar-refractivity contribution in [1.29, 1.82) is 0 Å². The Labute approximate surface area is 169 Å². The Morgan fingerprint density at radius 1 is 1.07 bits per heavy atom. The van der Waals surface area contributed by atoms with Gasteiger partial charge in [-0.3, -0.25) is 14.6 Å². The second-order valence-corrected chi connectivity index (χ2v) is 8.68. The quantitative estimate of drug-likeness (QED) is 0.752. The van der Waals surface area contributed by atoms with Crippen molar-refractivity contribution in [2.45, 2.75) is 4.90 Å². The molecule has 0 unspecified atom stereocenters. The van der Waals surface area contributed by atoms with Crippen molar-refractivity contribution in [3.63, 3.8) is 0 Å². The third-order valence-corrected chi connectivity index (χ3v) is 6.54. The van der Waals surface area contributed by atoms with Crippen LogP contribution in [0.15, 0.2) is 53.7 Å². The van der Waals surface area contributed by atoms with Crippen LogP contribution in [0, 0.1) is 0 Å². The Balaban J connectivity index is 1.58. The van der Waals surface area contributed by atoms with Crippen molar-refractivity contribution in [1.82, 2.24) is 19.1 Å². The first-order valence-corrected chi connectivity index (χ1v) is 10.5. The van der Waals surface area contributed by atoms with Crippen LogP contribution in [0.5, 0.6) is 5.75 Å². The first-order valence-electron chi connectivity index (χ1n) is 9.02. The average Bonchev–Trinajstić information content (AvgIpc) is 2.74. The summed E-state index contributed by atoms with van der Waals surface area (Å²) in [6, 6.07) is 9.25. The topological polar surface area (TPSA) is 111 Å². The van der Waals surface area contributed by atoms with Gasteiger partial charge in [-0.25, -0.2) is 8.42 Å². The summed E-state index contributed by atoms with van der Waals surface area (Å²) in [5.41, 5.74) is 0.217. The van der Waals surface area contributed by atoms with E-state index in [1.807, 2.05) is 0 Å². The van der Waals surface area contributed by atoms with Crippen LogP contribution in [0.2, 0.25) is 0 Å². The number of rotatable bonds is 5. The minimum Gasteiger partial charge on any atom is -0.507 e. The van der Waals surface area contributed by atoms with Gasteiger partial charge in [0.05, 0.1) is 12.1 Å². The molecule has 0 bridgehead atoms. The molecule has 10 heteroatoms. The predicted octanol–water partition coefficient (Wildman–Crippen LogP) is 0.392. The van der Waals surface area contributed by atoms with E-state index in [4.69, 9.17) is 0 Å². The molecule has 0 atom stereocenters. The number of aromatic hydroxyl groups is 1. The molecule has 0 aliphatic carbocycles. The van der Waals surface area contributed by atoms with Crippen molar-refractivity contribution in [3.05, 3.63) is 54.4 Å². The molecule has 1 aliphatic heterocycles. The number of likely N-dealkylation sites (N-methyl/N-ethyl adjacent to an activating group) is 1. The predicted molar refractivity (Wildman–Crippen MR) is 105 cm³/mol. The molecule has 154 valence electrons. The molecular weight excluding hydrogens is 396 g/mol. The van der Waals surface area contributed by atoms with Gasteiger partial charge in [-0.2, -0.15) is 4.31 Å². The highest BCUT2D eigenvalue weighted by atomic mass is 32.2. The summed E-state index contributed by atoms with van der Waals surface area (Å²) in [5.74, 6) is -0.723. The molecule has 29 heavy (non-hydrogen) atoms. The summed E-state index contributed by atoms with van der Waals surface area (Å²) in [4.78, 5) is 32.0. The average molecular weight is 418 g/mol. The van der Waals surface area contributed by atoms with Gasteiger partial charge in [0.25, 0.3) is 5.91 Å². The lowest BCUT2D eigenvalue weighted by atomic mass is 10.1. The van der Waals surface area contributed by atoms with E-state index in [0.717, 1.165) is 4.31 Å². The number of sulfonamides is 1. The van der Waals surface area contributed by atoms with Crippen LogP contribution in [-0.4, -0.2) is 84.2 Å². The van der Waals surface area contributed by atoms with Crippen molar-refractivity contribution in [3.8, 4) is 5.75 Å². The van der Waals surface area contributed by atoms with Crippen LogP contribution in [-0.2, 0) is 14.8 Å². The number of benzene rings is 1. The maximum absolute atomic E-state index is 12.5. The minimum absolute atomic E-state index is 0.0217. The number of hydrogen-bond donors (Lipinski definition) is 1. The van der Waals surface area contributed by atoms with E-state index in [9.17, 15) is 23.1 Å². The second-order valence-electron chi connectivity index (χ2n) is 6.64. The number of phenolic OH excluding ortho intramolecular Hbond substituents is 1. The fraction of sp³-hybridized carbons (Fsp3) is 0.316. The third-order valence-electron chi connectivity index (χ3n) is 4.75. The Bertz CT molecular complexity index is 989. The number of nitrogens with zero attached hydrogens (tertiary/aromatic N) is 4. The van der Waals surface area contributed by atoms with Crippen molar-refractivity contribution < 1.29 is 23.1 Å². The minimum atomic E-state index is -3.81. The molecule has 1 aliphatic rings. The lowest BCUT2D eigenvalue weighted by Gasteiger charge is -2.35. The Kier molecular flexibility index (Phi) is 6.14. The number of carbonyl (C=O) groups is 2. The molecule has 2 amide bonds. The van der Waals surface area contributed by atoms with Gasteiger partial charge in [-0.05, 0) is 24.3 Å². The lowest BCUT2D eigenvalue weighted by molar-refractivity contribution is -0.132. The number of amides is 2. The van der Waals surface area contributed by atoms with E-state index in [1.54, 1.807) is 23.1 Å². The van der Waals surface area contributed by atoms with E-state index in [2.05, 4.69) is 4.98 Å². The summed E-state index contributed by atoms with van der Waals surface area (Å²) in [5, 5.41) is 9.84. The van der Waals surface area contributed by atoms with Crippen LogP contribution in [0.25, 0.3) is 0 Å². The zero-order chi connectivity index (χ0) is 21.0. The first-order chi connectivity index (χ1) is 13.8. The van der Waals surface area contributed by atoms with Crippen LogP contribution in [0.3, 0.4) is 0 Å². The first kappa shape index (κ1) is 20.7. The lowest BCUT2D eigenvalue weighted by Crippen LogP contribution is -2.52. The zero-order valence-electron chi connectivity index (χ0n) is 15.9. The van der Waals surface area contributed by atoms with E-state index in [0.29, 0.717) is 26.2 Å². The van der Waals surface area contributed by atoms with Gasteiger partial charge < -0.3 is 14.9 Å². The number of para-hydroxylation sites is 1.